The van der Waals surface area contributed by atoms with Gasteiger partial charge in [0.1, 0.15) is 5.82 Å². The quantitative estimate of drug-likeness (QED) is 0.928. The van der Waals surface area contributed by atoms with Crippen LogP contribution in [0.4, 0.5) is 5.82 Å². The second kappa shape index (κ2) is 5.68. The highest BCUT2D eigenvalue weighted by Gasteiger charge is 2.13. The molecule has 15 heavy (non-hydrogen) atoms. The Morgan fingerprint density at radius 2 is 2.33 bits per heavy atom. The van der Waals surface area contributed by atoms with Crippen LogP contribution in [0.25, 0.3) is 0 Å². The number of aromatic nitrogens is 1. The zero-order valence-electron chi connectivity index (χ0n) is 8.87. The van der Waals surface area contributed by atoms with E-state index in [1.54, 1.807) is 6.20 Å². The van der Waals surface area contributed by atoms with Gasteiger partial charge in [-0.3, -0.25) is 0 Å². The molecule has 0 spiro atoms. The van der Waals surface area contributed by atoms with Crippen LogP contribution in [0, 0.1) is 0 Å². The van der Waals surface area contributed by atoms with Crippen molar-refractivity contribution in [2.75, 3.05) is 18.5 Å². The smallest absolute Gasteiger partial charge is 0.142 e. The zero-order valence-corrected chi connectivity index (χ0v) is 11.2. The van der Waals surface area contributed by atoms with E-state index in [2.05, 4.69) is 32.7 Å². The summed E-state index contributed by atoms with van der Waals surface area (Å²) >= 11 is 9.28. The fourth-order valence-corrected chi connectivity index (χ4v) is 2.23. The highest BCUT2D eigenvalue weighted by Crippen LogP contribution is 2.27. The van der Waals surface area contributed by atoms with E-state index in [0.717, 1.165) is 16.7 Å². The van der Waals surface area contributed by atoms with E-state index in [0.29, 0.717) is 17.6 Å². The highest BCUT2D eigenvalue weighted by atomic mass is 79.9. The molecule has 1 rings (SSSR count). The lowest BCUT2D eigenvalue weighted by atomic mass is 10.2. The minimum Gasteiger partial charge on any atom is -0.356 e. The fraction of sp³-hybridized carbons (Fsp3) is 0.500. The Morgan fingerprint density at radius 1 is 1.67 bits per heavy atom. The molecule has 1 aromatic heterocycles. The van der Waals surface area contributed by atoms with Gasteiger partial charge < -0.3 is 10.6 Å². The third-order valence-corrected chi connectivity index (χ3v) is 3.16. The molecule has 1 unspecified atom stereocenters. The standard InChI is InChI=1S/C10H15BrClN3/c1-7(3-4-13)15(2)10-9(11)5-8(12)6-14-10/h5-7H,3-4,13H2,1-2H3. The Kier molecular flexibility index (Phi) is 4.83. The molecular weight excluding hydrogens is 277 g/mol. The maximum atomic E-state index is 5.83. The monoisotopic (exact) mass is 291 g/mol. The van der Waals surface area contributed by atoms with E-state index in [1.807, 2.05) is 13.1 Å². The van der Waals surface area contributed by atoms with Crippen molar-refractivity contribution in [3.05, 3.63) is 21.8 Å². The van der Waals surface area contributed by atoms with E-state index in [4.69, 9.17) is 17.3 Å². The van der Waals surface area contributed by atoms with Crippen molar-refractivity contribution in [1.82, 2.24) is 4.98 Å². The van der Waals surface area contributed by atoms with E-state index in [1.165, 1.54) is 0 Å². The molecule has 3 nitrogen and oxygen atoms in total. The third kappa shape index (κ3) is 3.33. The Balaban J connectivity index is 2.86. The lowest BCUT2D eigenvalue weighted by Crippen LogP contribution is -2.31. The normalized spacial score (nSPS) is 12.6. The van der Waals surface area contributed by atoms with Gasteiger partial charge in [0.15, 0.2) is 0 Å². The van der Waals surface area contributed by atoms with Crippen LogP contribution in [0.15, 0.2) is 16.7 Å². The Morgan fingerprint density at radius 3 is 2.87 bits per heavy atom. The van der Waals surface area contributed by atoms with Crippen LogP contribution in [0.2, 0.25) is 5.02 Å². The van der Waals surface area contributed by atoms with Crippen LogP contribution in [0.1, 0.15) is 13.3 Å². The van der Waals surface area contributed by atoms with Crippen LogP contribution >= 0.6 is 27.5 Å². The molecule has 0 aromatic carbocycles. The van der Waals surface area contributed by atoms with Crippen molar-refractivity contribution >= 4 is 33.3 Å². The largest absolute Gasteiger partial charge is 0.356 e. The topological polar surface area (TPSA) is 42.1 Å². The molecule has 0 bridgehead atoms. The Bertz CT molecular complexity index is 332. The molecule has 1 aromatic rings. The second-order valence-corrected chi connectivity index (χ2v) is 4.79. The van der Waals surface area contributed by atoms with Gasteiger partial charge in [0.25, 0.3) is 0 Å². The average molecular weight is 293 g/mol. The summed E-state index contributed by atoms with van der Waals surface area (Å²) in [5, 5.41) is 0.630. The molecule has 0 aliphatic heterocycles. The molecule has 0 saturated heterocycles. The number of hydrogen-bond acceptors (Lipinski definition) is 3. The van der Waals surface area contributed by atoms with Gasteiger partial charge in [-0.2, -0.15) is 0 Å². The van der Waals surface area contributed by atoms with Gasteiger partial charge in [-0.25, -0.2) is 4.98 Å². The summed E-state index contributed by atoms with van der Waals surface area (Å²) in [6, 6.07) is 2.20. The second-order valence-electron chi connectivity index (χ2n) is 3.50. The van der Waals surface area contributed by atoms with Crippen molar-refractivity contribution in [3.8, 4) is 0 Å². The minimum atomic E-state index is 0.361. The van der Waals surface area contributed by atoms with E-state index < -0.39 is 0 Å². The van der Waals surface area contributed by atoms with Crippen LogP contribution < -0.4 is 10.6 Å². The Hall–Kier alpha value is -0.320. The summed E-state index contributed by atoms with van der Waals surface area (Å²) in [4.78, 5) is 6.38. The van der Waals surface area contributed by atoms with Crippen LogP contribution in [0.3, 0.4) is 0 Å². The lowest BCUT2D eigenvalue weighted by Gasteiger charge is -2.26. The molecule has 0 fully saturated rings. The molecular formula is C10H15BrClN3. The van der Waals surface area contributed by atoms with E-state index in [9.17, 15) is 0 Å². The summed E-state index contributed by atoms with van der Waals surface area (Å²) in [7, 11) is 2.00. The van der Waals surface area contributed by atoms with Crippen molar-refractivity contribution in [2.24, 2.45) is 5.73 Å². The van der Waals surface area contributed by atoms with E-state index >= 15 is 0 Å². The highest BCUT2D eigenvalue weighted by molar-refractivity contribution is 9.10. The summed E-state index contributed by atoms with van der Waals surface area (Å²) in [6.07, 6.45) is 2.58. The summed E-state index contributed by atoms with van der Waals surface area (Å²) < 4.78 is 0.904. The molecule has 1 heterocycles. The zero-order chi connectivity index (χ0) is 11.4. The van der Waals surface area contributed by atoms with Gasteiger partial charge in [0.2, 0.25) is 0 Å². The average Bonchev–Trinajstić information content (AvgIpc) is 2.17. The van der Waals surface area contributed by atoms with Crippen LogP contribution in [0.5, 0.6) is 0 Å². The maximum absolute atomic E-state index is 5.83. The lowest BCUT2D eigenvalue weighted by molar-refractivity contribution is 0.628. The first-order chi connectivity index (χ1) is 7.06. The SMILES string of the molecule is CC(CCN)N(C)c1ncc(Cl)cc1Br. The number of halogens is 2. The summed E-state index contributed by atoms with van der Waals surface area (Å²) in [6.45, 7) is 2.80. The number of nitrogens with zero attached hydrogens (tertiary/aromatic N) is 2. The number of anilines is 1. The van der Waals surface area contributed by atoms with E-state index in [-0.39, 0.29) is 0 Å². The molecule has 0 aliphatic rings. The van der Waals surface area contributed by atoms with Crippen LogP contribution in [-0.4, -0.2) is 24.6 Å². The number of hydrogen-bond donors (Lipinski definition) is 1. The van der Waals surface area contributed by atoms with Gasteiger partial charge in [0.05, 0.1) is 9.50 Å². The number of nitrogens with two attached hydrogens (primary N) is 1. The molecule has 2 N–H and O–H groups in total. The predicted molar refractivity (Wildman–Crippen MR) is 68.5 cm³/mol. The first-order valence-corrected chi connectivity index (χ1v) is 5.97. The third-order valence-electron chi connectivity index (χ3n) is 2.37. The molecule has 0 radical (unpaired) electrons. The maximum Gasteiger partial charge on any atom is 0.142 e. The Labute approximate surface area is 104 Å². The van der Waals surface area contributed by atoms with Gasteiger partial charge in [-0.15, -0.1) is 0 Å². The number of pyridine rings is 1. The number of rotatable bonds is 4. The van der Waals surface area contributed by atoms with Gasteiger partial charge >= 0.3 is 0 Å². The molecule has 0 aliphatic carbocycles. The molecule has 1 atom stereocenters. The van der Waals surface area contributed by atoms with Gasteiger partial charge in [0, 0.05) is 19.3 Å². The first-order valence-electron chi connectivity index (χ1n) is 4.80. The molecule has 5 heteroatoms. The molecule has 84 valence electrons. The van der Waals surface area contributed by atoms with Crippen molar-refractivity contribution < 1.29 is 0 Å². The summed E-state index contributed by atoms with van der Waals surface area (Å²) in [5.41, 5.74) is 5.53. The van der Waals surface area contributed by atoms with Crippen molar-refractivity contribution in [2.45, 2.75) is 19.4 Å². The molecule has 0 saturated carbocycles. The van der Waals surface area contributed by atoms with Gasteiger partial charge in [-0.1, -0.05) is 11.6 Å². The van der Waals surface area contributed by atoms with Crippen molar-refractivity contribution in [3.63, 3.8) is 0 Å². The fourth-order valence-electron chi connectivity index (χ4n) is 1.31. The van der Waals surface area contributed by atoms with Crippen LogP contribution in [-0.2, 0) is 0 Å². The van der Waals surface area contributed by atoms with Gasteiger partial charge in [-0.05, 0) is 41.9 Å². The predicted octanol–water partition coefficient (Wildman–Crippen LogP) is 2.67. The first kappa shape index (κ1) is 12.7. The summed E-state index contributed by atoms with van der Waals surface area (Å²) in [5.74, 6) is 0.889. The molecule has 0 amide bonds. The minimum absolute atomic E-state index is 0.361. The van der Waals surface area contributed by atoms with Crippen molar-refractivity contribution in [1.29, 1.82) is 0 Å².